The van der Waals surface area contributed by atoms with Crippen molar-refractivity contribution in [3.05, 3.63) is 88.2 Å². The maximum absolute atomic E-state index is 13.3. The smallest absolute Gasteiger partial charge is 0.300 e. The standard InChI is InChI=1S/C26H23ClN2O5/c1-4-15-5-7-17(8-6-15)29-23(16-9-11-28-12-10-16)22(25(31)26(29)32)24(30)18-13-19(27)21(34-3)14-20(18)33-2/h5-14,23,30H,4H2,1-3H3/b24-22+. The van der Waals surface area contributed by atoms with Crippen LogP contribution in [-0.4, -0.2) is 36.0 Å². The molecule has 1 atom stereocenters. The first-order valence-electron chi connectivity index (χ1n) is 10.6. The van der Waals surface area contributed by atoms with Gasteiger partial charge in [0.2, 0.25) is 0 Å². The van der Waals surface area contributed by atoms with Gasteiger partial charge in [0.25, 0.3) is 11.7 Å². The molecule has 1 aliphatic heterocycles. The van der Waals surface area contributed by atoms with E-state index in [2.05, 4.69) is 4.98 Å². The van der Waals surface area contributed by atoms with E-state index in [-0.39, 0.29) is 21.9 Å². The maximum atomic E-state index is 13.3. The summed E-state index contributed by atoms with van der Waals surface area (Å²) in [6.45, 7) is 2.03. The summed E-state index contributed by atoms with van der Waals surface area (Å²) >= 11 is 6.30. The molecule has 1 aromatic heterocycles. The zero-order valence-electron chi connectivity index (χ0n) is 18.9. The summed E-state index contributed by atoms with van der Waals surface area (Å²) in [6.07, 6.45) is 3.98. The maximum Gasteiger partial charge on any atom is 0.300 e. The fourth-order valence-corrected chi connectivity index (χ4v) is 4.28. The third-order valence-corrected chi connectivity index (χ3v) is 6.11. The first kappa shape index (κ1) is 23.3. The minimum atomic E-state index is -0.874. The number of rotatable bonds is 6. The number of halogens is 1. The SMILES string of the molecule is CCc1ccc(N2C(=O)C(=O)/C(=C(/O)c3cc(Cl)c(OC)cc3OC)C2c2ccncc2)cc1. The van der Waals surface area contributed by atoms with E-state index in [4.69, 9.17) is 21.1 Å². The fourth-order valence-electron chi connectivity index (χ4n) is 4.04. The van der Waals surface area contributed by atoms with Crippen molar-refractivity contribution in [2.75, 3.05) is 19.1 Å². The molecule has 1 unspecified atom stereocenters. The minimum absolute atomic E-state index is 0.0738. The number of ether oxygens (including phenoxy) is 2. The molecule has 1 aliphatic rings. The summed E-state index contributed by atoms with van der Waals surface area (Å²) in [5.41, 5.74) is 2.36. The summed E-state index contributed by atoms with van der Waals surface area (Å²) < 4.78 is 10.6. The second-order valence-corrected chi connectivity index (χ2v) is 8.06. The van der Waals surface area contributed by atoms with Crippen LogP contribution in [0.4, 0.5) is 5.69 Å². The lowest BCUT2D eigenvalue weighted by Gasteiger charge is -2.25. The van der Waals surface area contributed by atoms with Gasteiger partial charge in [-0.15, -0.1) is 0 Å². The van der Waals surface area contributed by atoms with Crippen LogP contribution >= 0.6 is 11.6 Å². The summed E-state index contributed by atoms with van der Waals surface area (Å²) in [4.78, 5) is 32.0. The number of carbonyl (C=O) groups is 2. The number of aryl methyl sites for hydroxylation is 1. The highest BCUT2D eigenvalue weighted by molar-refractivity contribution is 6.51. The number of aromatic nitrogens is 1. The molecule has 0 bridgehead atoms. The molecule has 8 heteroatoms. The number of carbonyl (C=O) groups excluding carboxylic acids is 2. The number of hydrogen-bond acceptors (Lipinski definition) is 6. The largest absolute Gasteiger partial charge is 0.507 e. The van der Waals surface area contributed by atoms with Crippen molar-refractivity contribution in [1.29, 1.82) is 0 Å². The van der Waals surface area contributed by atoms with Crippen molar-refractivity contribution >= 4 is 34.7 Å². The van der Waals surface area contributed by atoms with Crippen LogP contribution in [0.3, 0.4) is 0 Å². The van der Waals surface area contributed by atoms with Crippen molar-refractivity contribution < 1.29 is 24.2 Å². The van der Waals surface area contributed by atoms with Crippen LogP contribution in [0, 0.1) is 0 Å². The Bertz CT molecular complexity index is 1270. The van der Waals surface area contributed by atoms with E-state index in [1.807, 2.05) is 19.1 Å². The van der Waals surface area contributed by atoms with Gasteiger partial charge < -0.3 is 14.6 Å². The van der Waals surface area contributed by atoms with Gasteiger partial charge in [0.05, 0.1) is 36.4 Å². The number of aliphatic hydroxyl groups excluding tert-OH is 1. The average Bonchev–Trinajstić information content (AvgIpc) is 3.14. The molecular weight excluding hydrogens is 456 g/mol. The molecule has 1 amide bonds. The van der Waals surface area contributed by atoms with E-state index < -0.39 is 23.5 Å². The van der Waals surface area contributed by atoms with E-state index in [0.717, 1.165) is 12.0 Å². The molecule has 7 nitrogen and oxygen atoms in total. The molecule has 0 aliphatic carbocycles. The molecule has 2 heterocycles. The second-order valence-electron chi connectivity index (χ2n) is 7.66. The number of anilines is 1. The minimum Gasteiger partial charge on any atom is -0.507 e. The highest BCUT2D eigenvalue weighted by atomic mass is 35.5. The number of aliphatic hydroxyl groups is 1. The first-order chi connectivity index (χ1) is 16.4. The van der Waals surface area contributed by atoms with Crippen LogP contribution < -0.4 is 14.4 Å². The molecule has 0 radical (unpaired) electrons. The van der Waals surface area contributed by atoms with E-state index >= 15 is 0 Å². The van der Waals surface area contributed by atoms with Crippen molar-refractivity contribution in [2.45, 2.75) is 19.4 Å². The molecule has 1 N–H and O–H groups in total. The summed E-state index contributed by atoms with van der Waals surface area (Å²) in [5, 5.41) is 11.6. The first-order valence-corrected chi connectivity index (χ1v) is 11.0. The lowest BCUT2D eigenvalue weighted by atomic mass is 9.95. The van der Waals surface area contributed by atoms with Gasteiger partial charge in [-0.2, -0.15) is 0 Å². The highest BCUT2D eigenvalue weighted by Crippen LogP contribution is 2.44. The zero-order valence-corrected chi connectivity index (χ0v) is 19.7. The Morgan fingerprint density at radius 3 is 2.26 bits per heavy atom. The number of methoxy groups -OCH3 is 2. The third kappa shape index (κ3) is 3.99. The monoisotopic (exact) mass is 478 g/mol. The van der Waals surface area contributed by atoms with Gasteiger partial charge in [-0.05, 0) is 47.9 Å². The van der Waals surface area contributed by atoms with Crippen LogP contribution in [0.2, 0.25) is 5.02 Å². The topological polar surface area (TPSA) is 89.0 Å². The molecule has 0 spiro atoms. The Kier molecular flexibility index (Phi) is 6.56. The predicted octanol–water partition coefficient (Wildman–Crippen LogP) is 4.94. The van der Waals surface area contributed by atoms with Crippen LogP contribution in [-0.2, 0) is 16.0 Å². The summed E-state index contributed by atoms with van der Waals surface area (Å²) in [6, 6.07) is 12.9. The second kappa shape index (κ2) is 9.57. The molecule has 1 saturated heterocycles. The quantitative estimate of drug-likeness (QED) is 0.306. The van der Waals surface area contributed by atoms with E-state index in [0.29, 0.717) is 17.0 Å². The van der Waals surface area contributed by atoms with Crippen molar-refractivity contribution in [3.8, 4) is 11.5 Å². The highest BCUT2D eigenvalue weighted by Gasteiger charge is 2.47. The predicted molar refractivity (Wildman–Crippen MR) is 129 cm³/mol. The van der Waals surface area contributed by atoms with Gasteiger partial charge in [0, 0.05) is 24.1 Å². The summed E-state index contributed by atoms with van der Waals surface area (Å²) in [5.74, 6) is -1.36. The summed E-state index contributed by atoms with van der Waals surface area (Å²) in [7, 11) is 2.88. The van der Waals surface area contributed by atoms with Crippen molar-refractivity contribution in [1.82, 2.24) is 4.98 Å². The molecule has 4 rings (SSSR count). The van der Waals surface area contributed by atoms with E-state index in [1.54, 1.807) is 36.7 Å². The number of ketones is 1. The number of Topliss-reactive ketones (excluding diaryl/α,β-unsaturated/α-hetero) is 1. The Morgan fingerprint density at radius 1 is 1.03 bits per heavy atom. The van der Waals surface area contributed by atoms with Gasteiger partial charge in [-0.1, -0.05) is 30.7 Å². The normalized spacial score (nSPS) is 17.2. The van der Waals surface area contributed by atoms with E-state index in [9.17, 15) is 14.7 Å². The van der Waals surface area contributed by atoms with E-state index in [1.165, 1.54) is 31.3 Å². The molecular formula is C26H23ClN2O5. The third-order valence-electron chi connectivity index (χ3n) is 5.82. The number of pyridine rings is 1. The number of amides is 1. The van der Waals surface area contributed by atoms with Crippen molar-refractivity contribution in [2.24, 2.45) is 0 Å². The molecule has 34 heavy (non-hydrogen) atoms. The van der Waals surface area contributed by atoms with Crippen LogP contribution in [0.15, 0.2) is 66.5 Å². The lowest BCUT2D eigenvalue weighted by Crippen LogP contribution is -2.29. The Balaban J connectivity index is 1.95. The Labute approximate surface area is 202 Å². The molecule has 174 valence electrons. The number of benzene rings is 2. The van der Waals surface area contributed by atoms with Crippen LogP contribution in [0.5, 0.6) is 11.5 Å². The molecule has 2 aromatic carbocycles. The van der Waals surface area contributed by atoms with Gasteiger partial charge >= 0.3 is 0 Å². The number of hydrogen-bond donors (Lipinski definition) is 1. The van der Waals surface area contributed by atoms with Gasteiger partial charge in [0.1, 0.15) is 17.3 Å². The Hall–Kier alpha value is -3.84. The Morgan fingerprint density at radius 2 is 1.68 bits per heavy atom. The fraction of sp³-hybridized carbons (Fsp3) is 0.192. The van der Waals surface area contributed by atoms with Gasteiger partial charge in [-0.3, -0.25) is 19.5 Å². The van der Waals surface area contributed by atoms with Gasteiger partial charge in [-0.25, -0.2) is 0 Å². The average molecular weight is 479 g/mol. The lowest BCUT2D eigenvalue weighted by molar-refractivity contribution is -0.132. The number of nitrogens with zero attached hydrogens (tertiary/aromatic N) is 2. The molecule has 3 aromatic rings. The molecule has 1 fully saturated rings. The van der Waals surface area contributed by atoms with Crippen LogP contribution in [0.25, 0.3) is 5.76 Å². The zero-order chi connectivity index (χ0) is 24.4. The van der Waals surface area contributed by atoms with Gasteiger partial charge in [0.15, 0.2) is 0 Å². The van der Waals surface area contributed by atoms with Crippen LogP contribution in [0.1, 0.15) is 29.7 Å². The van der Waals surface area contributed by atoms with Crippen molar-refractivity contribution in [3.63, 3.8) is 0 Å². The molecule has 0 saturated carbocycles.